The van der Waals surface area contributed by atoms with Gasteiger partial charge in [-0.1, -0.05) is 0 Å². The van der Waals surface area contributed by atoms with Crippen LogP contribution in [0.2, 0.25) is 0 Å². The summed E-state index contributed by atoms with van der Waals surface area (Å²) in [6, 6.07) is 0. The zero-order valence-corrected chi connectivity index (χ0v) is 10.3. The molecule has 1 aromatic rings. The topological polar surface area (TPSA) is 61.4 Å². The molecule has 0 atom stereocenters. The Morgan fingerprint density at radius 3 is 2.62 bits per heavy atom. The number of rotatable bonds is 7. The SMILES string of the molecule is COCCN(CCO)Cc1c(C)n[nH]c1C. The molecular formula is C11H21N3O2. The van der Waals surface area contributed by atoms with Crippen LogP contribution in [0.5, 0.6) is 0 Å². The minimum atomic E-state index is 0.166. The maximum atomic E-state index is 9.00. The lowest BCUT2D eigenvalue weighted by atomic mass is 10.2. The van der Waals surface area contributed by atoms with Crippen LogP contribution in [0.4, 0.5) is 0 Å². The van der Waals surface area contributed by atoms with Crippen LogP contribution in [0.15, 0.2) is 0 Å². The molecule has 0 aromatic carbocycles. The first-order valence-corrected chi connectivity index (χ1v) is 5.51. The molecule has 1 rings (SSSR count). The molecule has 1 aromatic heterocycles. The monoisotopic (exact) mass is 227 g/mol. The molecule has 0 radical (unpaired) electrons. The van der Waals surface area contributed by atoms with E-state index < -0.39 is 0 Å². The highest BCUT2D eigenvalue weighted by atomic mass is 16.5. The number of aliphatic hydroxyl groups is 1. The fraction of sp³-hybridized carbons (Fsp3) is 0.727. The van der Waals surface area contributed by atoms with Gasteiger partial charge >= 0.3 is 0 Å². The molecule has 1 heterocycles. The van der Waals surface area contributed by atoms with Crippen molar-refractivity contribution in [3.8, 4) is 0 Å². The van der Waals surface area contributed by atoms with E-state index in [1.54, 1.807) is 7.11 Å². The van der Waals surface area contributed by atoms with E-state index in [9.17, 15) is 0 Å². The van der Waals surface area contributed by atoms with Gasteiger partial charge in [0.2, 0.25) is 0 Å². The molecule has 92 valence electrons. The number of aromatic amines is 1. The van der Waals surface area contributed by atoms with E-state index in [1.165, 1.54) is 5.56 Å². The summed E-state index contributed by atoms with van der Waals surface area (Å²) >= 11 is 0. The van der Waals surface area contributed by atoms with Crippen LogP contribution in [0.25, 0.3) is 0 Å². The predicted molar refractivity (Wildman–Crippen MR) is 62.3 cm³/mol. The van der Waals surface area contributed by atoms with Gasteiger partial charge in [0.05, 0.1) is 18.9 Å². The molecule has 2 N–H and O–H groups in total. The van der Waals surface area contributed by atoms with E-state index in [2.05, 4.69) is 15.1 Å². The highest BCUT2D eigenvalue weighted by Gasteiger charge is 2.11. The first-order chi connectivity index (χ1) is 7.69. The van der Waals surface area contributed by atoms with Crippen molar-refractivity contribution < 1.29 is 9.84 Å². The number of aliphatic hydroxyl groups excluding tert-OH is 1. The number of aryl methyl sites for hydroxylation is 2. The van der Waals surface area contributed by atoms with Gasteiger partial charge in [0, 0.05) is 38.0 Å². The van der Waals surface area contributed by atoms with Crippen LogP contribution < -0.4 is 0 Å². The average Bonchev–Trinajstić information content (AvgIpc) is 2.57. The van der Waals surface area contributed by atoms with Crippen molar-refractivity contribution in [1.29, 1.82) is 0 Å². The number of ether oxygens (including phenoxy) is 1. The molecule has 0 fully saturated rings. The lowest BCUT2D eigenvalue weighted by Crippen LogP contribution is -2.30. The zero-order chi connectivity index (χ0) is 12.0. The van der Waals surface area contributed by atoms with Gasteiger partial charge in [-0.05, 0) is 13.8 Å². The molecule has 0 saturated carbocycles. The van der Waals surface area contributed by atoms with Crippen LogP contribution in [0.3, 0.4) is 0 Å². The molecular weight excluding hydrogens is 206 g/mol. The second-order valence-electron chi connectivity index (χ2n) is 3.91. The summed E-state index contributed by atoms with van der Waals surface area (Å²) in [4.78, 5) is 2.16. The second kappa shape index (κ2) is 6.62. The highest BCUT2D eigenvalue weighted by molar-refractivity contribution is 5.22. The summed E-state index contributed by atoms with van der Waals surface area (Å²) in [5.41, 5.74) is 3.33. The largest absolute Gasteiger partial charge is 0.395 e. The van der Waals surface area contributed by atoms with Gasteiger partial charge in [0.1, 0.15) is 0 Å². The van der Waals surface area contributed by atoms with Crippen LogP contribution >= 0.6 is 0 Å². The van der Waals surface area contributed by atoms with Crippen molar-refractivity contribution in [3.63, 3.8) is 0 Å². The molecule has 0 aliphatic carbocycles. The number of H-pyrrole nitrogens is 1. The molecule has 0 aliphatic heterocycles. The number of aromatic nitrogens is 2. The van der Waals surface area contributed by atoms with Gasteiger partial charge in [-0.25, -0.2) is 0 Å². The average molecular weight is 227 g/mol. The Kier molecular flexibility index (Phi) is 5.45. The van der Waals surface area contributed by atoms with Crippen molar-refractivity contribution in [2.24, 2.45) is 0 Å². The van der Waals surface area contributed by atoms with Crippen LogP contribution in [-0.2, 0) is 11.3 Å². The Morgan fingerprint density at radius 2 is 2.12 bits per heavy atom. The third kappa shape index (κ3) is 3.59. The molecule has 0 spiro atoms. The van der Waals surface area contributed by atoms with Crippen molar-refractivity contribution in [2.45, 2.75) is 20.4 Å². The summed E-state index contributed by atoms with van der Waals surface area (Å²) < 4.78 is 5.05. The Bertz CT molecular complexity index is 293. The normalized spacial score (nSPS) is 11.3. The van der Waals surface area contributed by atoms with Crippen molar-refractivity contribution in [2.75, 3.05) is 33.4 Å². The Balaban J connectivity index is 2.59. The standard InChI is InChI=1S/C11H21N3O2/c1-9-11(10(2)13-12-9)8-14(4-6-15)5-7-16-3/h15H,4-8H2,1-3H3,(H,12,13). The van der Waals surface area contributed by atoms with Gasteiger partial charge in [-0.3, -0.25) is 10.00 Å². The first-order valence-electron chi connectivity index (χ1n) is 5.51. The fourth-order valence-electron chi connectivity index (χ4n) is 1.66. The second-order valence-corrected chi connectivity index (χ2v) is 3.91. The number of hydrogen-bond acceptors (Lipinski definition) is 4. The number of nitrogens with zero attached hydrogens (tertiary/aromatic N) is 2. The van der Waals surface area contributed by atoms with Crippen molar-refractivity contribution >= 4 is 0 Å². The predicted octanol–water partition coefficient (Wildman–Crippen LogP) is 0.467. The smallest absolute Gasteiger partial charge is 0.0639 e. The molecule has 5 heteroatoms. The van der Waals surface area contributed by atoms with Crippen molar-refractivity contribution in [3.05, 3.63) is 17.0 Å². The Labute approximate surface area is 96.4 Å². The summed E-state index contributed by atoms with van der Waals surface area (Å²) in [6.07, 6.45) is 0. The molecule has 5 nitrogen and oxygen atoms in total. The van der Waals surface area contributed by atoms with E-state index in [1.807, 2.05) is 13.8 Å². The van der Waals surface area contributed by atoms with E-state index in [4.69, 9.17) is 9.84 Å². The Hall–Kier alpha value is -0.910. The summed E-state index contributed by atoms with van der Waals surface area (Å²) in [5.74, 6) is 0. The third-order valence-corrected chi connectivity index (χ3v) is 2.69. The van der Waals surface area contributed by atoms with Gasteiger partial charge in [-0.2, -0.15) is 5.10 Å². The highest BCUT2D eigenvalue weighted by Crippen LogP contribution is 2.12. The summed E-state index contributed by atoms with van der Waals surface area (Å²) in [6.45, 7) is 7.14. The lowest BCUT2D eigenvalue weighted by Gasteiger charge is -2.20. The number of hydrogen-bond donors (Lipinski definition) is 2. The molecule has 0 bridgehead atoms. The summed E-state index contributed by atoms with van der Waals surface area (Å²) in [7, 11) is 1.69. The molecule has 0 unspecified atom stereocenters. The number of methoxy groups -OCH3 is 1. The van der Waals surface area contributed by atoms with E-state index in [0.29, 0.717) is 13.2 Å². The third-order valence-electron chi connectivity index (χ3n) is 2.69. The van der Waals surface area contributed by atoms with Gasteiger partial charge in [-0.15, -0.1) is 0 Å². The Morgan fingerprint density at radius 1 is 1.38 bits per heavy atom. The molecule has 0 aliphatic rings. The van der Waals surface area contributed by atoms with Gasteiger partial charge < -0.3 is 9.84 Å². The van der Waals surface area contributed by atoms with Crippen LogP contribution in [-0.4, -0.2) is 53.6 Å². The van der Waals surface area contributed by atoms with Crippen LogP contribution in [0.1, 0.15) is 17.0 Å². The van der Waals surface area contributed by atoms with E-state index >= 15 is 0 Å². The zero-order valence-electron chi connectivity index (χ0n) is 10.3. The summed E-state index contributed by atoms with van der Waals surface area (Å²) in [5, 5.41) is 16.1. The van der Waals surface area contributed by atoms with E-state index in [-0.39, 0.29) is 6.61 Å². The van der Waals surface area contributed by atoms with Gasteiger partial charge in [0.25, 0.3) is 0 Å². The van der Waals surface area contributed by atoms with Crippen LogP contribution in [0, 0.1) is 13.8 Å². The van der Waals surface area contributed by atoms with Crippen molar-refractivity contribution in [1.82, 2.24) is 15.1 Å². The number of nitrogens with one attached hydrogen (secondary N) is 1. The first kappa shape index (κ1) is 13.2. The quantitative estimate of drug-likeness (QED) is 0.710. The van der Waals surface area contributed by atoms with E-state index in [0.717, 1.165) is 24.5 Å². The molecule has 0 amide bonds. The maximum absolute atomic E-state index is 9.00. The maximum Gasteiger partial charge on any atom is 0.0639 e. The lowest BCUT2D eigenvalue weighted by molar-refractivity contribution is 0.126. The molecule has 0 saturated heterocycles. The fourth-order valence-corrected chi connectivity index (χ4v) is 1.66. The minimum Gasteiger partial charge on any atom is -0.395 e. The molecule has 16 heavy (non-hydrogen) atoms. The van der Waals surface area contributed by atoms with Gasteiger partial charge in [0.15, 0.2) is 0 Å². The minimum absolute atomic E-state index is 0.166.